The second-order valence-corrected chi connectivity index (χ2v) is 8.23. The number of rotatable bonds is 6. The first kappa shape index (κ1) is 19.5. The maximum absolute atomic E-state index is 13.1. The van der Waals surface area contributed by atoms with E-state index in [-0.39, 0.29) is 18.1 Å². The van der Waals surface area contributed by atoms with Crippen LogP contribution in [-0.2, 0) is 4.74 Å². The summed E-state index contributed by atoms with van der Waals surface area (Å²) in [5.41, 5.74) is 2.13. The monoisotopic (exact) mass is 410 g/mol. The first-order valence-corrected chi connectivity index (χ1v) is 10.2. The van der Waals surface area contributed by atoms with Crippen LogP contribution in [0.2, 0.25) is 0 Å². The van der Waals surface area contributed by atoms with Crippen LogP contribution >= 0.6 is 11.3 Å². The van der Waals surface area contributed by atoms with E-state index < -0.39 is 0 Å². The molecule has 29 heavy (non-hydrogen) atoms. The van der Waals surface area contributed by atoms with Gasteiger partial charge in [-0.05, 0) is 32.9 Å². The number of amides is 1. The van der Waals surface area contributed by atoms with Crippen LogP contribution in [0, 0.1) is 13.8 Å². The fourth-order valence-corrected chi connectivity index (χ4v) is 3.71. The Balaban J connectivity index is 1.64. The molecule has 2 aromatic heterocycles. The van der Waals surface area contributed by atoms with Crippen molar-refractivity contribution < 1.29 is 14.3 Å². The molecular weight excluding hydrogens is 388 g/mol. The first-order chi connectivity index (χ1) is 14.0. The Labute approximate surface area is 173 Å². The molecule has 150 valence electrons. The summed E-state index contributed by atoms with van der Waals surface area (Å²) in [6.07, 6.45) is 5.21. The lowest BCUT2D eigenvalue weighted by atomic mass is 10.1. The summed E-state index contributed by atoms with van der Waals surface area (Å²) in [7, 11) is 0. The van der Waals surface area contributed by atoms with Gasteiger partial charge in [-0.1, -0.05) is 6.07 Å². The first-order valence-electron chi connectivity index (χ1n) is 9.41. The van der Waals surface area contributed by atoms with Crippen molar-refractivity contribution in [2.24, 2.45) is 0 Å². The van der Waals surface area contributed by atoms with E-state index in [4.69, 9.17) is 9.47 Å². The molecular formula is C21H22N4O3S. The molecule has 0 bridgehead atoms. The molecule has 1 aliphatic rings. The number of aryl methyl sites for hydroxylation is 2. The standard InChI is InChI=1S/C21H22N4O3S/c1-12-7-24-21(29-12)18-6-4-5-17(19(18)28-16-10-27-11-16)20(26)25-13(2)15-8-22-14(3)23-9-15/h4-9,13,16H,10-11H2,1-3H3,(H,25,26)/t13-/m1/s1. The average molecular weight is 410 g/mol. The summed E-state index contributed by atoms with van der Waals surface area (Å²) in [6, 6.07) is 5.31. The van der Waals surface area contributed by atoms with Gasteiger partial charge in [-0.2, -0.15) is 0 Å². The zero-order valence-electron chi connectivity index (χ0n) is 16.5. The molecule has 3 aromatic rings. The summed E-state index contributed by atoms with van der Waals surface area (Å²) in [4.78, 5) is 27.1. The van der Waals surface area contributed by atoms with Crippen LogP contribution in [0.5, 0.6) is 5.75 Å². The number of hydrogen-bond donors (Lipinski definition) is 1. The fraction of sp³-hybridized carbons (Fsp3) is 0.333. The SMILES string of the molecule is Cc1ncc([C@@H](C)NC(=O)c2cccc(-c3ncc(C)s3)c2OC2COC2)cn1. The number of nitrogens with zero attached hydrogens (tertiary/aromatic N) is 3. The van der Waals surface area contributed by atoms with Crippen LogP contribution in [0.25, 0.3) is 10.6 Å². The Morgan fingerprint density at radius 2 is 1.97 bits per heavy atom. The van der Waals surface area contributed by atoms with E-state index in [1.54, 1.807) is 29.8 Å². The summed E-state index contributed by atoms with van der Waals surface area (Å²) in [5, 5.41) is 3.84. The van der Waals surface area contributed by atoms with E-state index in [9.17, 15) is 4.79 Å². The number of nitrogens with one attached hydrogen (secondary N) is 1. The van der Waals surface area contributed by atoms with Crippen molar-refractivity contribution in [3.8, 4) is 16.3 Å². The Morgan fingerprint density at radius 1 is 1.21 bits per heavy atom. The van der Waals surface area contributed by atoms with Gasteiger partial charge in [0.05, 0.1) is 30.4 Å². The minimum absolute atomic E-state index is 0.0633. The van der Waals surface area contributed by atoms with E-state index in [2.05, 4.69) is 20.3 Å². The van der Waals surface area contributed by atoms with E-state index in [0.29, 0.717) is 30.4 Å². The number of carbonyl (C=O) groups is 1. The Kier molecular flexibility index (Phi) is 5.55. The molecule has 1 amide bonds. The maximum Gasteiger partial charge on any atom is 0.255 e. The van der Waals surface area contributed by atoms with E-state index in [1.807, 2.05) is 39.1 Å². The third-order valence-corrected chi connectivity index (χ3v) is 5.60. The molecule has 3 heterocycles. The molecule has 1 aromatic carbocycles. The zero-order valence-corrected chi connectivity index (χ0v) is 17.3. The number of carbonyl (C=O) groups excluding carboxylic acids is 1. The minimum atomic E-state index is -0.242. The second kappa shape index (κ2) is 8.26. The average Bonchev–Trinajstić information content (AvgIpc) is 3.11. The van der Waals surface area contributed by atoms with Crippen molar-refractivity contribution in [3.63, 3.8) is 0 Å². The van der Waals surface area contributed by atoms with Crippen molar-refractivity contribution in [1.82, 2.24) is 20.3 Å². The van der Waals surface area contributed by atoms with E-state index >= 15 is 0 Å². The van der Waals surface area contributed by atoms with Gasteiger partial charge in [0.2, 0.25) is 0 Å². The van der Waals surface area contributed by atoms with Gasteiger partial charge >= 0.3 is 0 Å². The highest BCUT2D eigenvalue weighted by atomic mass is 32.1. The van der Waals surface area contributed by atoms with Crippen LogP contribution in [-0.4, -0.2) is 40.2 Å². The Bertz CT molecular complexity index is 1020. The van der Waals surface area contributed by atoms with Gasteiger partial charge in [0, 0.05) is 29.0 Å². The lowest BCUT2D eigenvalue weighted by Gasteiger charge is -2.28. The van der Waals surface area contributed by atoms with Gasteiger partial charge in [-0.15, -0.1) is 11.3 Å². The molecule has 0 spiro atoms. The van der Waals surface area contributed by atoms with Gasteiger partial charge < -0.3 is 14.8 Å². The van der Waals surface area contributed by atoms with E-state index in [0.717, 1.165) is 21.0 Å². The van der Waals surface area contributed by atoms with Crippen molar-refractivity contribution >= 4 is 17.2 Å². The topological polar surface area (TPSA) is 86.2 Å². The van der Waals surface area contributed by atoms with Crippen molar-refractivity contribution in [1.29, 1.82) is 0 Å². The summed E-state index contributed by atoms with van der Waals surface area (Å²) >= 11 is 1.57. The third kappa shape index (κ3) is 4.28. The smallest absolute Gasteiger partial charge is 0.255 e. The number of ether oxygens (including phenoxy) is 2. The zero-order chi connectivity index (χ0) is 20.4. The molecule has 0 saturated carbocycles. The summed E-state index contributed by atoms with van der Waals surface area (Å²) < 4.78 is 11.4. The van der Waals surface area contributed by atoms with Gasteiger partial charge in [-0.25, -0.2) is 15.0 Å². The van der Waals surface area contributed by atoms with Crippen LogP contribution < -0.4 is 10.1 Å². The van der Waals surface area contributed by atoms with Gasteiger partial charge in [-0.3, -0.25) is 4.79 Å². The van der Waals surface area contributed by atoms with Crippen molar-refractivity contribution in [2.75, 3.05) is 13.2 Å². The maximum atomic E-state index is 13.1. The second-order valence-electron chi connectivity index (χ2n) is 6.99. The molecule has 1 atom stereocenters. The normalized spacial score (nSPS) is 14.9. The lowest BCUT2D eigenvalue weighted by molar-refractivity contribution is -0.0796. The van der Waals surface area contributed by atoms with Crippen molar-refractivity contribution in [2.45, 2.75) is 32.9 Å². The number of aromatic nitrogens is 3. The molecule has 0 radical (unpaired) electrons. The summed E-state index contributed by atoms with van der Waals surface area (Å²) in [5.74, 6) is 1.01. The molecule has 0 aliphatic carbocycles. The highest BCUT2D eigenvalue weighted by Crippen LogP contribution is 2.37. The molecule has 1 N–H and O–H groups in total. The fourth-order valence-electron chi connectivity index (χ4n) is 2.92. The molecule has 1 saturated heterocycles. The number of benzene rings is 1. The van der Waals surface area contributed by atoms with Crippen molar-refractivity contribution in [3.05, 3.63) is 58.6 Å². The highest BCUT2D eigenvalue weighted by molar-refractivity contribution is 7.15. The number of para-hydroxylation sites is 1. The quantitative estimate of drug-likeness (QED) is 0.670. The lowest BCUT2D eigenvalue weighted by Crippen LogP contribution is -2.39. The van der Waals surface area contributed by atoms with Gasteiger partial charge in [0.15, 0.2) is 0 Å². The molecule has 8 heteroatoms. The van der Waals surface area contributed by atoms with Crippen LogP contribution in [0.4, 0.5) is 0 Å². The van der Waals surface area contributed by atoms with Gasteiger partial charge in [0.25, 0.3) is 5.91 Å². The minimum Gasteiger partial charge on any atom is -0.484 e. The highest BCUT2D eigenvalue weighted by Gasteiger charge is 2.26. The molecule has 4 rings (SSSR count). The predicted molar refractivity (Wildman–Crippen MR) is 110 cm³/mol. The van der Waals surface area contributed by atoms with Gasteiger partial charge in [0.1, 0.15) is 22.7 Å². The molecule has 1 aliphatic heterocycles. The number of hydrogen-bond acceptors (Lipinski definition) is 7. The van der Waals surface area contributed by atoms with Crippen LogP contribution in [0.3, 0.4) is 0 Å². The summed E-state index contributed by atoms with van der Waals surface area (Å²) in [6.45, 7) is 6.77. The van der Waals surface area contributed by atoms with Crippen LogP contribution in [0.1, 0.15) is 39.6 Å². The Hall–Kier alpha value is -2.84. The third-order valence-electron chi connectivity index (χ3n) is 4.65. The molecule has 1 fully saturated rings. The van der Waals surface area contributed by atoms with E-state index in [1.165, 1.54) is 0 Å². The Morgan fingerprint density at radius 3 is 2.59 bits per heavy atom. The van der Waals surface area contributed by atoms with Crippen LogP contribution in [0.15, 0.2) is 36.8 Å². The molecule has 0 unspecified atom stereocenters. The molecule has 7 nitrogen and oxygen atoms in total. The number of thiazole rings is 1. The predicted octanol–water partition coefficient (Wildman–Crippen LogP) is 3.49. The largest absolute Gasteiger partial charge is 0.484 e.